The minimum absolute atomic E-state index is 0.0592. The Labute approximate surface area is 164 Å². The normalized spacial score (nSPS) is 11.8. The molecule has 0 aliphatic rings. The minimum atomic E-state index is -2.74. The highest BCUT2D eigenvalue weighted by Gasteiger charge is 2.18. The van der Waals surface area contributed by atoms with Crippen LogP contribution in [0.25, 0.3) is 22.4 Å². The zero-order valence-electron chi connectivity index (χ0n) is 15.7. The Bertz CT molecular complexity index is 1020. The van der Waals surface area contributed by atoms with Gasteiger partial charge in [0.05, 0.1) is 21.3 Å². The zero-order valence-corrected chi connectivity index (χ0v) is 16.5. The summed E-state index contributed by atoms with van der Waals surface area (Å²) in [5.41, 5.74) is 3.47. The molecule has 0 aliphatic carbocycles. The van der Waals surface area contributed by atoms with Gasteiger partial charge in [-0.25, -0.2) is 4.21 Å². The molecule has 2 aromatic carbocycles. The molecule has 1 heterocycles. The fourth-order valence-corrected chi connectivity index (χ4v) is 3.20. The van der Waals surface area contributed by atoms with Crippen LogP contribution in [0.2, 0.25) is 0 Å². The van der Waals surface area contributed by atoms with E-state index in [1.54, 1.807) is 32.4 Å². The quantitative estimate of drug-likeness (QED) is 0.551. The van der Waals surface area contributed by atoms with Crippen LogP contribution in [0.3, 0.4) is 0 Å². The van der Waals surface area contributed by atoms with Crippen LogP contribution in [0.1, 0.15) is 5.56 Å². The van der Waals surface area contributed by atoms with Gasteiger partial charge in [0.1, 0.15) is 23.3 Å². The summed E-state index contributed by atoms with van der Waals surface area (Å²) in [6.45, 7) is 1.90. The molecule has 8 nitrogen and oxygen atoms in total. The van der Waals surface area contributed by atoms with Gasteiger partial charge in [-0.2, -0.15) is 0 Å². The molecule has 0 radical (unpaired) electrons. The molecule has 0 saturated heterocycles. The van der Waals surface area contributed by atoms with Crippen molar-refractivity contribution < 1.29 is 31.7 Å². The van der Waals surface area contributed by atoms with Gasteiger partial charge < -0.3 is 27.5 Å². The number of aromatic nitrogens is 1. The van der Waals surface area contributed by atoms with Gasteiger partial charge in [-0.3, -0.25) is 0 Å². The van der Waals surface area contributed by atoms with Crippen LogP contribution in [-0.2, 0) is 11.4 Å². The third-order valence-electron chi connectivity index (χ3n) is 4.14. The fraction of sp³-hybridized carbons (Fsp3) is 0.211. The molecule has 0 fully saturated rings. The first kappa shape index (κ1) is 19.7. The van der Waals surface area contributed by atoms with Crippen LogP contribution < -0.4 is 18.4 Å². The average Bonchev–Trinajstić information content (AvgIpc) is 3.16. The van der Waals surface area contributed by atoms with Crippen LogP contribution >= 0.6 is 0 Å². The lowest BCUT2D eigenvalue weighted by atomic mass is 9.99. The second-order valence-corrected chi connectivity index (χ2v) is 6.33. The van der Waals surface area contributed by atoms with Crippen LogP contribution in [0, 0.1) is 6.92 Å². The first-order valence-electron chi connectivity index (χ1n) is 8.11. The molecule has 0 spiro atoms. The van der Waals surface area contributed by atoms with E-state index in [2.05, 4.69) is 5.16 Å². The number of ether oxygens (including phenoxy) is 3. The highest BCUT2D eigenvalue weighted by Crippen LogP contribution is 2.40. The third kappa shape index (κ3) is 3.80. The molecule has 3 aromatic rings. The summed E-state index contributed by atoms with van der Waals surface area (Å²) in [5, 5.41) is 4.10. The van der Waals surface area contributed by atoms with Crippen LogP contribution in [0.15, 0.2) is 41.1 Å². The van der Waals surface area contributed by atoms with Gasteiger partial charge >= 0.3 is 0 Å². The van der Waals surface area contributed by atoms with E-state index < -0.39 is 11.4 Å². The van der Waals surface area contributed by atoms with Gasteiger partial charge in [-0.1, -0.05) is 11.2 Å². The van der Waals surface area contributed by atoms with E-state index in [1.165, 1.54) is 19.4 Å². The smallest absolute Gasteiger partial charge is 0.181 e. The summed E-state index contributed by atoms with van der Waals surface area (Å²) in [7, 11) is 4.55. The summed E-state index contributed by atoms with van der Waals surface area (Å²) >= 11 is -2.74. The van der Waals surface area contributed by atoms with Crippen molar-refractivity contribution in [3.63, 3.8) is 0 Å². The molecule has 0 N–H and O–H groups in total. The predicted molar refractivity (Wildman–Crippen MR) is 101 cm³/mol. The van der Waals surface area contributed by atoms with Crippen molar-refractivity contribution in [3.05, 3.63) is 42.2 Å². The largest absolute Gasteiger partial charge is 0.740 e. The van der Waals surface area contributed by atoms with Gasteiger partial charge in [0, 0.05) is 11.1 Å². The number of methoxy groups -OCH3 is 3. The maximum absolute atomic E-state index is 11.0. The van der Waals surface area contributed by atoms with Crippen molar-refractivity contribution in [2.45, 2.75) is 6.92 Å². The third-order valence-corrected chi connectivity index (χ3v) is 4.46. The SMILES string of the molecule is COc1ccc(-c2conc2-c2cc(C)c(OC)c(OC)c2)cc1OS(=O)[O-]. The van der Waals surface area contributed by atoms with E-state index in [0.29, 0.717) is 28.3 Å². The average molecular weight is 404 g/mol. The lowest BCUT2D eigenvalue weighted by Crippen LogP contribution is -2.00. The van der Waals surface area contributed by atoms with Crippen molar-refractivity contribution in [2.75, 3.05) is 21.3 Å². The summed E-state index contributed by atoms with van der Waals surface area (Å²) in [6, 6.07) is 8.59. The lowest BCUT2D eigenvalue weighted by Gasteiger charge is -2.14. The second-order valence-electron chi connectivity index (χ2n) is 5.76. The molecule has 1 aromatic heterocycles. The Morgan fingerprint density at radius 3 is 2.32 bits per heavy atom. The Kier molecular flexibility index (Phi) is 5.86. The molecule has 1 atom stereocenters. The number of hydrogen-bond donors (Lipinski definition) is 0. The lowest BCUT2D eigenvalue weighted by molar-refractivity contribution is 0.353. The van der Waals surface area contributed by atoms with Crippen LogP contribution in [0.5, 0.6) is 23.0 Å². The molecular formula is C19H18NO7S-. The molecule has 3 rings (SSSR count). The Hall–Kier alpha value is -3.04. The summed E-state index contributed by atoms with van der Waals surface area (Å²) in [5.74, 6) is 1.54. The summed E-state index contributed by atoms with van der Waals surface area (Å²) < 4.78 is 47.8. The van der Waals surface area contributed by atoms with E-state index in [-0.39, 0.29) is 11.5 Å². The fourth-order valence-electron chi connectivity index (χ4n) is 2.92. The van der Waals surface area contributed by atoms with Crippen molar-refractivity contribution in [2.24, 2.45) is 0 Å². The van der Waals surface area contributed by atoms with Crippen LogP contribution in [0.4, 0.5) is 0 Å². The molecule has 0 aliphatic heterocycles. The molecule has 28 heavy (non-hydrogen) atoms. The van der Waals surface area contributed by atoms with Crippen molar-refractivity contribution in [3.8, 4) is 45.4 Å². The number of hydrogen-bond acceptors (Lipinski definition) is 8. The minimum Gasteiger partial charge on any atom is -0.740 e. The molecule has 0 amide bonds. The van der Waals surface area contributed by atoms with Crippen molar-refractivity contribution in [1.82, 2.24) is 5.16 Å². The maximum Gasteiger partial charge on any atom is 0.181 e. The molecule has 0 bridgehead atoms. The zero-order chi connectivity index (χ0) is 20.3. The van der Waals surface area contributed by atoms with E-state index in [1.807, 2.05) is 13.0 Å². The Morgan fingerprint density at radius 2 is 1.68 bits per heavy atom. The number of nitrogens with zero attached hydrogens (tertiary/aromatic N) is 1. The van der Waals surface area contributed by atoms with E-state index >= 15 is 0 Å². The van der Waals surface area contributed by atoms with Crippen molar-refractivity contribution in [1.29, 1.82) is 0 Å². The maximum atomic E-state index is 11.0. The monoisotopic (exact) mass is 404 g/mol. The number of rotatable bonds is 7. The topological polar surface area (TPSA) is 103 Å². The van der Waals surface area contributed by atoms with Gasteiger partial charge in [-0.05, 0) is 42.3 Å². The number of aryl methyl sites for hydroxylation is 1. The molecule has 9 heteroatoms. The van der Waals surface area contributed by atoms with Gasteiger partial charge in [0.25, 0.3) is 0 Å². The van der Waals surface area contributed by atoms with E-state index in [0.717, 1.165) is 11.1 Å². The predicted octanol–water partition coefficient (Wildman–Crippen LogP) is 3.52. The first-order chi connectivity index (χ1) is 13.5. The Balaban J connectivity index is 2.10. The second kappa shape index (κ2) is 8.32. The van der Waals surface area contributed by atoms with Crippen molar-refractivity contribution >= 4 is 11.4 Å². The van der Waals surface area contributed by atoms with E-state index in [4.69, 9.17) is 22.9 Å². The molecule has 148 valence electrons. The first-order valence-corrected chi connectivity index (χ1v) is 9.11. The Morgan fingerprint density at radius 1 is 0.964 bits per heavy atom. The highest BCUT2D eigenvalue weighted by molar-refractivity contribution is 7.74. The van der Waals surface area contributed by atoms with E-state index in [9.17, 15) is 8.76 Å². The van der Waals surface area contributed by atoms with Gasteiger partial charge in [0.15, 0.2) is 23.0 Å². The molecule has 1 unspecified atom stereocenters. The summed E-state index contributed by atoms with van der Waals surface area (Å²) in [4.78, 5) is 0. The highest BCUT2D eigenvalue weighted by atomic mass is 32.2. The van der Waals surface area contributed by atoms with Gasteiger partial charge in [0.2, 0.25) is 0 Å². The summed E-state index contributed by atoms with van der Waals surface area (Å²) in [6.07, 6.45) is 1.47. The van der Waals surface area contributed by atoms with Crippen LogP contribution in [-0.4, -0.2) is 35.2 Å². The van der Waals surface area contributed by atoms with Gasteiger partial charge in [-0.15, -0.1) is 0 Å². The molecular weight excluding hydrogens is 386 g/mol. The standard InChI is InChI=1S/C19H19NO7S/c1-11-7-13(9-17(24-3)19(11)25-4)18-14(10-26-20-18)12-5-6-15(23-2)16(8-12)27-28(21)22/h5-10H,1-4H3,(H,21,22)/p-1. The molecule has 0 saturated carbocycles. The number of benzene rings is 2.